The Labute approximate surface area is 342 Å². The Morgan fingerprint density at radius 2 is 1.57 bits per heavy atom. The van der Waals surface area contributed by atoms with Crippen LogP contribution < -0.4 is 26.6 Å². The Morgan fingerprint density at radius 1 is 0.914 bits per heavy atom. The first-order chi connectivity index (χ1) is 27.6. The Hall–Kier alpha value is -5.51. The average molecular weight is 807 g/mol. The van der Waals surface area contributed by atoms with Gasteiger partial charge in [0.2, 0.25) is 23.6 Å². The van der Waals surface area contributed by atoms with Gasteiger partial charge in [-0.2, -0.15) is 0 Å². The molecule has 58 heavy (non-hydrogen) atoms. The molecule has 3 aliphatic rings. The molecule has 16 nitrogen and oxygen atoms in total. The number of nitrogens with zero attached hydrogens (tertiary/aromatic N) is 4. The van der Waals surface area contributed by atoms with E-state index in [1.54, 1.807) is 28.9 Å². The molecular formula is C42H62N8O8. The van der Waals surface area contributed by atoms with E-state index in [4.69, 9.17) is 10.5 Å². The number of likely N-dealkylation sites (N-methyl/N-ethyl adjacent to an activating group) is 1. The van der Waals surface area contributed by atoms with E-state index in [1.165, 1.54) is 5.56 Å². The molecule has 5 rings (SSSR count). The highest BCUT2D eigenvalue weighted by Gasteiger charge is 2.41. The summed E-state index contributed by atoms with van der Waals surface area (Å²) < 4.78 is 5.38. The van der Waals surface area contributed by atoms with Crippen molar-refractivity contribution in [3.05, 3.63) is 60.2 Å². The summed E-state index contributed by atoms with van der Waals surface area (Å²) in [6.45, 7) is 7.36. The molecule has 16 heteroatoms. The molecule has 0 radical (unpaired) electrons. The van der Waals surface area contributed by atoms with Crippen LogP contribution in [0.1, 0.15) is 64.4 Å². The number of anilines is 2. The molecule has 2 aromatic carbocycles. The van der Waals surface area contributed by atoms with Crippen molar-refractivity contribution in [2.45, 2.75) is 89.9 Å². The minimum absolute atomic E-state index is 0.00781. The minimum atomic E-state index is -0.632. The number of urea groups is 1. The fourth-order valence-electron chi connectivity index (χ4n) is 7.07. The molecule has 3 saturated heterocycles. The van der Waals surface area contributed by atoms with Gasteiger partial charge in [-0.15, -0.1) is 0 Å². The molecule has 0 saturated carbocycles. The first kappa shape index (κ1) is 46.9. The topological polar surface area (TPSA) is 204 Å². The van der Waals surface area contributed by atoms with Gasteiger partial charge < -0.3 is 45.9 Å². The standard InChI is InChI=1S/C24H38N4O6.C11H16N4O2.C7H8/c1-16-13-20(26(3)14-16)24(33)34-12-9-21(30)27-11-6-8-19(27)23(32)28-10-5-4-7-18(28)22(31)25-17(2)15-29;1-15(2)9-5-3-8(4-6-9)14-11(17)13-7-10(12)16;1-7-5-3-2-4-6-7/h15-20H,4-14H2,1-3H3,(H,25,31);3-6H,7H2,1-2H3,(H2,12,16)(H2,13,14,17);2-6H,1H3. The number of carbonyl (C=O) groups is 7. The van der Waals surface area contributed by atoms with Gasteiger partial charge >= 0.3 is 12.0 Å². The highest BCUT2D eigenvalue weighted by molar-refractivity contribution is 5.94. The summed E-state index contributed by atoms with van der Waals surface area (Å²) in [7, 11) is 5.76. The summed E-state index contributed by atoms with van der Waals surface area (Å²) in [4.78, 5) is 91.1. The van der Waals surface area contributed by atoms with Crippen LogP contribution in [0, 0.1) is 12.8 Å². The van der Waals surface area contributed by atoms with Crippen LogP contribution in [0.4, 0.5) is 16.2 Å². The van der Waals surface area contributed by atoms with Crippen LogP contribution in [0.2, 0.25) is 0 Å². The van der Waals surface area contributed by atoms with Gasteiger partial charge in [0.25, 0.3) is 0 Å². The highest BCUT2D eigenvalue weighted by Crippen LogP contribution is 2.26. The van der Waals surface area contributed by atoms with Crippen molar-refractivity contribution in [1.82, 2.24) is 25.3 Å². The van der Waals surface area contributed by atoms with Crippen molar-refractivity contribution in [3.8, 4) is 0 Å². The summed E-state index contributed by atoms with van der Waals surface area (Å²) >= 11 is 0. The number of aldehydes is 1. The van der Waals surface area contributed by atoms with Crippen molar-refractivity contribution in [2.75, 3.05) is 64.1 Å². The van der Waals surface area contributed by atoms with Crippen LogP contribution in [0.25, 0.3) is 0 Å². The van der Waals surface area contributed by atoms with E-state index in [9.17, 15) is 33.6 Å². The van der Waals surface area contributed by atoms with Crippen molar-refractivity contribution < 1.29 is 38.3 Å². The number of carbonyl (C=O) groups excluding carboxylic acids is 7. The number of benzene rings is 2. The third kappa shape index (κ3) is 15.1. The van der Waals surface area contributed by atoms with E-state index < -0.39 is 30.1 Å². The van der Waals surface area contributed by atoms with Crippen LogP contribution in [-0.2, 0) is 33.5 Å². The summed E-state index contributed by atoms with van der Waals surface area (Å²) in [6.07, 6.45) is 4.85. The largest absolute Gasteiger partial charge is 0.464 e. The lowest BCUT2D eigenvalue weighted by Gasteiger charge is -2.38. The number of rotatable bonds is 12. The second kappa shape index (κ2) is 23.7. The van der Waals surface area contributed by atoms with Gasteiger partial charge in [0.1, 0.15) is 31.0 Å². The van der Waals surface area contributed by atoms with E-state index in [-0.39, 0.29) is 49.3 Å². The van der Waals surface area contributed by atoms with E-state index in [0.717, 1.165) is 31.5 Å². The zero-order valence-electron chi connectivity index (χ0n) is 34.8. The molecule has 5 unspecified atom stereocenters. The predicted molar refractivity (Wildman–Crippen MR) is 222 cm³/mol. The van der Waals surface area contributed by atoms with E-state index in [2.05, 4.69) is 41.9 Å². The van der Waals surface area contributed by atoms with Crippen LogP contribution in [-0.4, -0.2) is 135 Å². The molecule has 3 heterocycles. The third-order valence-electron chi connectivity index (χ3n) is 10.1. The molecule has 0 aromatic heterocycles. The maximum Gasteiger partial charge on any atom is 0.323 e. The molecule has 2 aromatic rings. The Kier molecular flexibility index (Phi) is 19.1. The van der Waals surface area contributed by atoms with Gasteiger partial charge in [0.15, 0.2) is 0 Å². The minimum Gasteiger partial charge on any atom is -0.464 e. The van der Waals surface area contributed by atoms with Crippen LogP contribution in [0.15, 0.2) is 54.6 Å². The lowest BCUT2D eigenvalue weighted by atomic mass is 9.99. The van der Waals surface area contributed by atoms with Gasteiger partial charge in [-0.3, -0.25) is 28.9 Å². The summed E-state index contributed by atoms with van der Waals surface area (Å²) in [5, 5.41) is 7.56. The number of nitrogens with one attached hydrogen (secondary N) is 3. The molecular weight excluding hydrogens is 745 g/mol. The molecule has 318 valence electrons. The van der Waals surface area contributed by atoms with Gasteiger partial charge in [0.05, 0.1) is 19.0 Å². The van der Waals surface area contributed by atoms with E-state index >= 15 is 0 Å². The first-order valence-corrected chi connectivity index (χ1v) is 20.0. The average Bonchev–Trinajstić information content (AvgIpc) is 3.83. The fourth-order valence-corrected chi connectivity index (χ4v) is 7.07. The number of hydrogen-bond donors (Lipinski definition) is 4. The smallest absolute Gasteiger partial charge is 0.323 e. The van der Waals surface area contributed by atoms with Crippen LogP contribution in [0.3, 0.4) is 0 Å². The maximum absolute atomic E-state index is 13.4. The second-order valence-corrected chi connectivity index (χ2v) is 15.3. The number of aryl methyl sites for hydroxylation is 1. The number of piperidine rings is 1. The maximum atomic E-state index is 13.4. The summed E-state index contributed by atoms with van der Waals surface area (Å²) in [6, 6.07) is 15.0. The van der Waals surface area contributed by atoms with Gasteiger partial charge in [-0.25, -0.2) is 4.79 Å². The van der Waals surface area contributed by atoms with Crippen molar-refractivity contribution >= 4 is 53.3 Å². The Bertz CT molecular complexity index is 1670. The first-order valence-electron chi connectivity index (χ1n) is 20.0. The number of hydrogen-bond acceptors (Lipinski definition) is 10. The number of esters is 1. The number of amides is 6. The molecule has 5 atom stereocenters. The molecule has 3 aliphatic heterocycles. The number of ether oxygens (including phenoxy) is 1. The zero-order chi connectivity index (χ0) is 42.8. The second-order valence-electron chi connectivity index (χ2n) is 15.3. The molecule has 0 bridgehead atoms. The summed E-state index contributed by atoms with van der Waals surface area (Å²) in [5.74, 6) is -1.22. The van der Waals surface area contributed by atoms with E-state index in [0.29, 0.717) is 50.2 Å². The Balaban J connectivity index is 0.000000308. The summed E-state index contributed by atoms with van der Waals surface area (Å²) in [5.41, 5.74) is 7.91. The molecule has 0 spiro atoms. The Morgan fingerprint density at radius 3 is 2.14 bits per heavy atom. The third-order valence-corrected chi connectivity index (χ3v) is 10.1. The fraction of sp³-hybridized carbons (Fsp3) is 0.548. The van der Waals surface area contributed by atoms with Crippen molar-refractivity contribution in [2.24, 2.45) is 11.7 Å². The molecule has 3 fully saturated rings. The SMILES string of the molecule is CC1CC(C(=O)OCCC(=O)N2CCCC2C(=O)N2CCCCC2C(=O)NC(C)C=O)N(C)C1.CN(C)c1ccc(NC(=O)NCC(N)=O)cc1.Cc1ccccc1. The number of primary amides is 1. The van der Waals surface area contributed by atoms with Crippen molar-refractivity contribution in [1.29, 1.82) is 0 Å². The lowest BCUT2D eigenvalue weighted by Crippen LogP contribution is -2.57. The molecule has 5 N–H and O–H groups in total. The van der Waals surface area contributed by atoms with Gasteiger partial charge in [-0.05, 0) is 89.6 Å². The van der Waals surface area contributed by atoms with Gasteiger partial charge in [0, 0.05) is 45.1 Å². The van der Waals surface area contributed by atoms with Crippen molar-refractivity contribution in [3.63, 3.8) is 0 Å². The van der Waals surface area contributed by atoms with Crippen LogP contribution >= 0.6 is 0 Å². The highest BCUT2D eigenvalue weighted by atomic mass is 16.5. The molecule has 0 aliphatic carbocycles. The zero-order valence-corrected chi connectivity index (χ0v) is 34.8. The quantitative estimate of drug-likeness (QED) is 0.183. The predicted octanol–water partition coefficient (Wildman–Crippen LogP) is 2.69. The lowest BCUT2D eigenvalue weighted by molar-refractivity contribution is -0.152. The van der Waals surface area contributed by atoms with Crippen LogP contribution in [0.5, 0.6) is 0 Å². The van der Waals surface area contributed by atoms with Gasteiger partial charge in [-0.1, -0.05) is 42.8 Å². The molecule has 6 amide bonds. The number of nitrogens with two attached hydrogens (primary N) is 1. The monoisotopic (exact) mass is 806 g/mol. The van der Waals surface area contributed by atoms with E-state index in [1.807, 2.05) is 61.3 Å². The normalized spacial score (nSPS) is 20.5. The number of likely N-dealkylation sites (tertiary alicyclic amines) is 3.